The van der Waals surface area contributed by atoms with E-state index in [0.29, 0.717) is 36.6 Å². The molecule has 2 N–H and O–H groups in total. The van der Waals surface area contributed by atoms with Crippen molar-refractivity contribution in [1.29, 1.82) is 0 Å². The zero-order valence-corrected chi connectivity index (χ0v) is 14.8. The number of nitrogens with one attached hydrogen (secondary N) is 2. The van der Waals surface area contributed by atoms with Crippen LogP contribution in [0.1, 0.15) is 42.8 Å². The Bertz CT molecular complexity index is 629. The summed E-state index contributed by atoms with van der Waals surface area (Å²) < 4.78 is 0. The van der Waals surface area contributed by atoms with Crippen LogP contribution in [0.2, 0.25) is 0 Å². The molecule has 0 aromatic carbocycles. The molecule has 3 rings (SSSR count). The summed E-state index contributed by atoms with van der Waals surface area (Å²) in [5.74, 6) is 0.147. The van der Waals surface area contributed by atoms with Gasteiger partial charge in [-0.2, -0.15) is 0 Å². The number of piperidine rings is 1. The molecule has 130 valence electrons. The first kappa shape index (κ1) is 17.0. The van der Waals surface area contributed by atoms with Crippen LogP contribution >= 0.6 is 11.3 Å². The van der Waals surface area contributed by atoms with Gasteiger partial charge in [0.15, 0.2) is 0 Å². The first-order chi connectivity index (χ1) is 11.5. The maximum atomic E-state index is 12.6. The summed E-state index contributed by atoms with van der Waals surface area (Å²) in [6.07, 6.45) is 1.82. The van der Waals surface area contributed by atoms with E-state index in [2.05, 4.69) is 10.6 Å². The number of piperazine rings is 1. The second kappa shape index (κ2) is 6.93. The third kappa shape index (κ3) is 3.45. The molecular formula is C17H23N3O3S. The highest BCUT2D eigenvalue weighted by Gasteiger charge is 2.44. The summed E-state index contributed by atoms with van der Waals surface area (Å²) in [5, 5.41) is 7.70. The van der Waals surface area contributed by atoms with Gasteiger partial charge in [0, 0.05) is 12.6 Å². The molecule has 2 saturated heterocycles. The molecule has 6 nitrogen and oxygen atoms in total. The first-order valence-corrected chi connectivity index (χ1v) is 9.29. The largest absolute Gasteiger partial charge is 0.348 e. The van der Waals surface area contributed by atoms with Gasteiger partial charge in [-0.15, -0.1) is 11.3 Å². The van der Waals surface area contributed by atoms with Crippen molar-refractivity contribution in [3.05, 3.63) is 22.4 Å². The molecule has 3 amide bonds. The minimum Gasteiger partial charge on any atom is -0.348 e. The van der Waals surface area contributed by atoms with Crippen LogP contribution in [0.5, 0.6) is 0 Å². The lowest BCUT2D eigenvalue weighted by Crippen LogP contribution is -2.67. The van der Waals surface area contributed by atoms with Crippen molar-refractivity contribution in [3.63, 3.8) is 0 Å². The van der Waals surface area contributed by atoms with E-state index < -0.39 is 12.1 Å². The SMILES string of the molecule is CC(C)C[C@H]1NC(=O)[C@@H]2C[C@@H](NC(=O)c3cccs3)CCN2C1=O. The van der Waals surface area contributed by atoms with Crippen molar-refractivity contribution in [2.75, 3.05) is 6.54 Å². The van der Waals surface area contributed by atoms with Crippen LogP contribution in [0.3, 0.4) is 0 Å². The fourth-order valence-corrected chi connectivity index (χ4v) is 4.06. The van der Waals surface area contributed by atoms with Crippen LogP contribution in [-0.4, -0.2) is 47.3 Å². The van der Waals surface area contributed by atoms with Crippen molar-refractivity contribution in [2.45, 2.75) is 51.2 Å². The quantitative estimate of drug-likeness (QED) is 0.862. The van der Waals surface area contributed by atoms with E-state index in [1.807, 2.05) is 25.3 Å². The number of amides is 3. The lowest BCUT2D eigenvalue weighted by Gasteiger charge is -2.44. The number of hydrogen-bond donors (Lipinski definition) is 2. The number of carbonyl (C=O) groups excluding carboxylic acids is 3. The van der Waals surface area contributed by atoms with Gasteiger partial charge in [-0.25, -0.2) is 0 Å². The summed E-state index contributed by atoms with van der Waals surface area (Å²) in [6.45, 7) is 4.59. The highest BCUT2D eigenvalue weighted by atomic mass is 32.1. The molecule has 0 bridgehead atoms. The lowest BCUT2D eigenvalue weighted by atomic mass is 9.91. The first-order valence-electron chi connectivity index (χ1n) is 8.41. The molecule has 0 radical (unpaired) electrons. The van der Waals surface area contributed by atoms with E-state index in [9.17, 15) is 14.4 Å². The molecule has 2 aliphatic rings. The number of nitrogens with zero attached hydrogens (tertiary/aromatic N) is 1. The Morgan fingerprint density at radius 1 is 1.46 bits per heavy atom. The fraction of sp³-hybridized carbons (Fsp3) is 0.588. The molecule has 2 fully saturated rings. The maximum Gasteiger partial charge on any atom is 0.261 e. The van der Waals surface area contributed by atoms with Gasteiger partial charge >= 0.3 is 0 Å². The van der Waals surface area contributed by atoms with Crippen molar-refractivity contribution >= 4 is 29.1 Å². The van der Waals surface area contributed by atoms with Crippen LogP contribution in [-0.2, 0) is 9.59 Å². The summed E-state index contributed by atoms with van der Waals surface area (Å²) in [4.78, 5) is 39.5. The third-order valence-electron chi connectivity index (χ3n) is 4.59. The van der Waals surface area contributed by atoms with Gasteiger partial charge in [0.1, 0.15) is 12.1 Å². The van der Waals surface area contributed by atoms with Crippen LogP contribution in [0.4, 0.5) is 0 Å². The summed E-state index contributed by atoms with van der Waals surface area (Å²) in [5.41, 5.74) is 0. The third-order valence-corrected chi connectivity index (χ3v) is 5.46. The van der Waals surface area contributed by atoms with Crippen LogP contribution in [0, 0.1) is 5.92 Å². The number of carbonyl (C=O) groups is 3. The van der Waals surface area contributed by atoms with Gasteiger partial charge in [-0.3, -0.25) is 14.4 Å². The van der Waals surface area contributed by atoms with Crippen LogP contribution < -0.4 is 10.6 Å². The monoisotopic (exact) mass is 349 g/mol. The van der Waals surface area contributed by atoms with Crippen molar-refractivity contribution in [2.24, 2.45) is 5.92 Å². The standard InChI is InChI=1S/C17H23N3O3S/c1-10(2)8-12-17(23)20-6-5-11(9-13(20)15(21)19-12)18-16(22)14-4-3-7-24-14/h3-4,7,10-13H,5-6,8-9H2,1-2H3,(H,18,22)(H,19,21)/t11-,12+,13-/m0/s1. The summed E-state index contributed by atoms with van der Waals surface area (Å²) in [6, 6.07) is 2.66. The topological polar surface area (TPSA) is 78.5 Å². The molecule has 7 heteroatoms. The molecule has 3 heterocycles. The number of hydrogen-bond acceptors (Lipinski definition) is 4. The maximum absolute atomic E-state index is 12.6. The van der Waals surface area contributed by atoms with Gasteiger partial charge in [-0.1, -0.05) is 19.9 Å². The van der Waals surface area contributed by atoms with Crippen LogP contribution in [0.25, 0.3) is 0 Å². The number of fused-ring (bicyclic) bond motifs is 1. The molecule has 0 aliphatic carbocycles. The zero-order chi connectivity index (χ0) is 17.3. The Hall–Kier alpha value is -1.89. The van der Waals surface area contributed by atoms with Gasteiger partial charge in [-0.05, 0) is 36.6 Å². The second-order valence-electron chi connectivity index (χ2n) is 6.91. The fourth-order valence-electron chi connectivity index (χ4n) is 3.43. The average Bonchev–Trinajstić information content (AvgIpc) is 3.06. The van der Waals surface area contributed by atoms with Gasteiger partial charge in [0.05, 0.1) is 4.88 Å². The van der Waals surface area contributed by atoms with Crippen LogP contribution in [0.15, 0.2) is 17.5 Å². The smallest absolute Gasteiger partial charge is 0.261 e. The predicted molar refractivity (Wildman–Crippen MR) is 91.7 cm³/mol. The normalized spacial score (nSPS) is 27.0. The minimum atomic E-state index is -0.469. The summed E-state index contributed by atoms with van der Waals surface area (Å²) >= 11 is 1.39. The van der Waals surface area contributed by atoms with Crippen molar-refractivity contribution in [3.8, 4) is 0 Å². The van der Waals surface area contributed by atoms with E-state index in [-0.39, 0.29) is 23.8 Å². The minimum absolute atomic E-state index is 0.0105. The molecular weight excluding hydrogens is 326 g/mol. The van der Waals surface area contributed by atoms with Crippen molar-refractivity contribution in [1.82, 2.24) is 15.5 Å². The zero-order valence-electron chi connectivity index (χ0n) is 14.0. The molecule has 2 aliphatic heterocycles. The Morgan fingerprint density at radius 3 is 2.92 bits per heavy atom. The second-order valence-corrected chi connectivity index (χ2v) is 7.86. The van der Waals surface area contributed by atoms with E-state index in [1.165, 1.54) is 11.3 Å². The molecule has 1 aromatic heterocycles. The van der Waals surface area contributed by atoms with E-state index in [0.717, 1.165) is 0 Å². The van der Waals surface area contributed by atoms with E-state index >= 15 is 0 Å². The Morgan fingerprint density at radius 2 is 2.25 bits per heavy atom. The van der Waals surface area contributed by atoms with E-state index in [1.54, 1.807) is 11.0 Å². The Kier molecular flexibility index (Phi) is 4.89. The van der Waals surface area contributed by atoms with Crippen molar-refractivity contribution < 1.29 is 14.4 Å². The predicted octanol–water partition coefficient (Wildman–Crippen LogP) is 1.38. The van der Waals surface area contributed by atoms with E-state index in [4.69, 9.17) is 0 Å². The number of thiophene rings is 1. The summed E-state index contributed by atoms with van der Waals surface area (Å²) in [7, 11) is 0. The van der Waals surface area contributed by atoms with Gasteiger partial charge < -0.3 is 15.5 Å². The molecule has 0 saturated carbocycles. The van der Waals surface area contributed by atoms with Gasteiger partial charge in [0.2, 0.25) is 11.8 Å². The molecule has 0 spiro atoms. The molecule has 3 atom stereocenters. The van der Waals surface area contributed by atoms with Gasteiger partial charge in [0.25, 0.3) is 5.91 Å². The molecule has 24 heavy (non-hydrogen) atoms. The number of rotatable bonds is 4. The molecule has 1 aromatic rings. The highest BCUT2D eigenvalue weighted by molar-refractivity contribution is 7.12. The average molecular weight is 349 g/mol. The Balaban J connectivity index is 1.63. The highest BCUT2D eigenvalue weighted by Crippen LogP contribution is 2.24. The molecule has 0 unspecified atom stereocenters. The lowest BCUT2D eigenvalue weighted by molar-refractivity contribution is -0.152. The Labute approximate surface area is 145 Å².